The number of rotatable bonds is 6. The lowest BCUT2D eigenvalue weighted by molar-refractivity contribution is 0.101. The van der Waals surface area contributed by atoms with E-state index in [0.717, 1.165) is 25.7 Å². The fourth-order valence-corrected chi connectivity index (χ4v) is 4.92. The van der Waals surface area contributed by atoms with Crippen molar-refractivity contribution < 1.29 is 9.53 Å². The molecule has 0 N–H and O–H groups in total. The number of benzene rings is 2. The standard InChI is InChI=1S/C23H24N2O3S/c1-28-21-14-8-6-12-18(21)20(26)15-29-23-24-19-13-7-5-11-17(19)22(27)25(23)16-9-3-2-4-10-16/h5-8,11-14,16H,2-4,9-10,15H2,1H3. The lowest BCUT2D eigenvalue weighted by atomic mass is 9.95. The van der Waals surface area contributed by atoms with Crippen LogP contribution in [0, 0.1) is 0 Å². The Labute approximate surface area is 174 Å². The van der Waals surface area contributed by atoms with Gasteiger partial charge in [-0.05, 0) is 37.1 Å². The molecule has 0 amide bonds. The monoisotopic (exact) mass is 408 g/mol. The minimum absolute atomic E-state index is 0.00487. The smallest absolute Gasteiger partial charge is 0.262 e. The summed E-state index contributed by atoms with van der Waals surface area (Å²) in [7, 11) is 1.56. The van der Waals surface area contributed by atoms with Gasteiger partial charge in [-0.3, -0.25) is 14.2 Å². The summed E-state index contributed by atoms with van der Waals surface area (Å²) in [6, 6.07) is 14.8. The molecule has 3 aromatic rings. The highest BCUT2D eigenvalue weighted by Crippen LogP contribution is 2.31. The molecule has 1 aliphatic carbocycles. The van der Waals surface area contributed by atoms with E-state index in [1.54, 1.807) is 19.2 Å². The van der Waals surface area contributed by atoms with Crippen LogP contribution in [0.2, 0.25) is 0 Å². The molecule has 1 aromatic heterocycles. The van der Waals surface area contributed by atoms with Gasteiger partial charge in [0.25, 0.3) is 5.56 Å². The highest BCUT2D eigenvalue weighted by Gasteiger charge is 2.23. The average molecular weight is 409 g/mol. The van der Waals surface area contributed by atoms with Crippen LogP contribution in [0.4, 0.5) is 0 Å². The molecular formula is C23H24N2O3S. The van der Waals surface area contributed by atoms with E-state index < -0.39 is 0 Å². The fraction of sp³-hybridized carbons (Fsp3) is 0.348. The highest BCUT2D eigenvalue weighted by molar-refractivity contribution is 7.99. The van der Waals surface area contributed by atoms with E-state index >= 15 is 0 Å². The van der Waals surface area contributed by atoms with E-state index in [1.807, 2.05) is 41.0 Å². The molecule has 0 atom stereocenters. The van der Waals surface area contributed by atoms with Crippen LogP contribution in [-0.2, 0) is 0 Å². The Bertz CT molecular complexity index is 1090. The van der Waals surface area contributed by atoms with Crippen molar-refractivity contribution in [1.82, 2.24) is 9.55 Å². The Morgan fingerprint density at radius 3 is 2.62 bits per heavy atom. The molecule has 0 spiro atoms. The molecule has 150 valence electrons. The number of nitrogens with zero attached hydrogens (tertiary/aromatic N) is 2. The number of aromatic nitrogens is 2. The van der Waals surface area contributed by atoms with Crippen molar-refractivity contribution in [2.24, 2.45) is 0 Å². The molecule has 0 bridgehead atoms. The molecule has 1 saturated carbocycles. The van der Waals surface area contributed by atoms with E-state index in [9.17, 15) is 9.59 Å². The van der Waals surface area contributed by atoms with Gasteiger partial charge in [0, 0.05) is 6.04 Å². The van der Waals surface area contributed by atoms with Crippen molar-refractivity contribution in [3.05, 3.63) is 64.4 Å². The summed E-state index contributed by atoms with van der Waals surface area (Å²) in [4.78, 5) is 30.8. The number of fused-ring (bicyclic) bond motifs is 1. The molecule has 1 fully saturated rings. The molecule has 2 aromatic carbocycles. The summed E-state index contributed by atoms with van der Waals surface area (Å²) in [5, 5.41) is 1.27. The van der Waals surface area contributed by atoms with Crippen molar-refractivity contribution >= 4 is 28.4 Å². The van der Waals surface area contributed by atoms with Gasteiger partial charge in [-0.2, -0.15) is 0 Å². The van der Waals surface area contributed by atoms with Crippen LogP contribution in [0.1, 0.15) is 48.5 Å². The highest BCUT2D eigenvalue weighted by atomic mass is 32.2. The first-order chi connectivity index (χ1) is 14.2. The fourth-order valence-electron chi connectivity index (χ4n) is 3.97. The zero-order chi connectivity index (χ0) is 20.2. The van der Waals surface area contributed by atoms with E-state index in [4.69, 9.17) is 9.72 Å². The summed E-state index contributed by atoms with van der Waals surface area (Å²) < 4.78 is 7.15. The van der Waals surface area contributed by atoms with Gasteiger partial charge in [0.1, 0.15) is 5.75 Å². The van der Waals surface area contributed by atoms with Gasteiger partial charge in [-0.15, -0.1) is 0 Å². The molecular weight excluding hydrogens is 384 g/mol. The van der Waals surface area contributed by atoms with E-state index in [-0.39, 0.29) is 23.1 Å². The van der Waals surface area contributed by atoms with Crippen LogP contribution in [-0.4, -0.2) is 28.2 Å². The zero-order valence-corrected chi connectivity index (χ0v) is 17.3. The first-order valence-corrected chi connectivity index (χ1v) is 11.0. The molecule has 5 nitrogen and oxygen atoms in total. The van der Waals surface area contributed by atoms with Crippen LogP contribution < -0.4 is 10.3 Å². The number of hydrogen-bond acceptors (Lipinski definition) is 5. The van der Waals surface area contributed by atoms with E-state index in [1.165, 1.54) is 18.2 Å². The second-order valence-corrected chi connectivity index (χ2v) is 8.23. The zero-order valence-electron chi connectivity index (χ0n) is 16.5. The third-order valence-electron chi connectivity index (χ3n) is 5.46. The summed E-state index contributed by atoms with van der Waals surface area (Å²) >= 11 is 1.34. The largest absolute Gasteiger partial charge is 0.496 e. The Morgan fingerprint density at radius 1 is 1.10 bits per heavy atom. The number of hydrogen-bond donors (Lipinski definition) is 0. The molecule has 6 heteroatoms. The van der Waals surface area contributed by atoms with Crippen LogP contribution in [0.5, 0.6) is 5.75 Å². The number of carbonyl (C=O) groups excluding carboxylic acids is 1. The van der Waals surface area contributed by atoms with Crippen LogP contribution >= 0.6 is 11.8 Å². The van der Waals surface area contributed by atoms with Crippen molar-refractivity contribution in [2.75, 3.05) is 12.9 Å². The third-order valence-corrected chi connectivity index (χ3v) is 6.41. The molecule has 1 aliphatic rings. The maximum absolute atomic E-state index is 13.3. The molecule has 29 heavy (non-hydrogen) atoms. The molecule has 1 heterocycles. The lowest BCUT2D eigenvalue weighted by Gasteiger charge is -2.26. The maximum Gasteiger partial charge on any atom is 0.262 e. The summed E-state index contributed by atoms with van der Waals surface area (Å²) in [6.45, 7) is 0. The maximum atomic E-state index is 13.3. The average Bonchev–Trinajstić information content (AvgIpc) is 2.78. The topological polar surface area (TPSA) is 61.2 Å². The van der Waals surface area contributed by atoms with Gasteiger partial charge in [-0.1, -0.05) is 55.3 Å². The number of methoxy groups -OCH3 is 1. The summed E-state index contributed by atoms with van der Waals surface area (Å²) in [5.41, 5.74) is 1.22. The van der Waals surface area contributed by atoms with Gasteiger partial charge in [-0.25, -0.2) is 4.98 Å². The van der Waals surface area contributed by atoms with Gasteiger partial charge < -0.3 is 4.74 Å². The Balaban J connectivity index is 1.68. The van der Waals surface area contributed by atoms with Crippen molar-refractivity contribution in [3.8, 4) is 5.75 Å². The predicted octanol–water partition coefficient (Wildman–Crippen LogP) is 4.89. The predicted molar refractivity (Wildman–Crippen MR) is 116 cm³/mol. The number of ketones is 1. The van der Waals surface area contributed by atoms with Gasteiger partial charge >= 0.3 is 0 Å². The minimum atomic E-state index is -0.0370. The number of para-hydroxylation sites is 2. The van der Waals surface area contributed by atoms with Crippen LogP contribution in [0.3, 0.4) is 0 Å². The van der Waals surface area contributed by atoms with Crippen molar-refractivity contribution in [2.45, 2.75) is 43.3 Å². The van der Waals surface area contributed by atoms with E-state index in [0.29, 0.717) is 27.4 Å². The molecule has 0 unspecified atom stereocenters. The van der Waals surface area contributed by atoms with Gasteiger partial charge in [0.05, 0.1) is 29.3 Å². The summed E-state index contributed by atoms with van der Waals surface area (Å²) in [5.74, 6) is 0.733. The number of thioether (sulfide) groups is 1. The number of carbonyl (C=O) groups is 1. The number of ether oxygens (including phenoxy) is 1. The van der Waals surface area contributed by atoms with E-state index in [2.05, 4.69) is 0 Å². The molecule has 0 radical (unpaired) electrons. The van der Waals surface area contributed by atoms with Crippen molar-refractivity contribution in [3.63, 3.8) is 0 Å². The molecule has 0 saturated heterocycles. The third kappa shape index (κ3) is 4.08. The second kappa shape index (κ2) is 8.82. The molecule has 4 rings (SSSR count). The van der Waals surface area contributed by atoms with Gasteiger partial charge in [0.2, 0.25) is 0 Å². The second-order valence-electron chi connectivity index (χ2n) is 7.29. The minimum Gasteiger partial charge on any atom is -0.496 e. The normalized spacial score (nSPS) is 14.8. The van der Waals surface area contributed by atoms with Crippen molar-refractivity contribution in [1.29, 1.82) is 0 Å². The first kappa shape index (κ1) is 19.7. The Hall–Kier alpha value is -2.60. The number of Topliss-reactive ketones (excluding diaryl/α,β-unsaturated/α-hetero) is 1. The Morgan fingerprint density at radius 2 is 1.83 bits per heavy atom. The molecule has 0 aliphatic heterocycles. The SMILES string of the molecule is COc1ccccc1C(=O)CSc1nc2ccccc2c(=O)n1C1CCCCC1. The lowest BCUT2D eigenvalue weighted by Crippen LogP contribution is -2.29. The Kier molecular flexibility index (Phi) is 6.00. The van der Waals surface area contributed by atoms with Crippen LogP contribution in [0.15, 0.2) is 58.5 Å². The first-order valence-electron chi connectivity index (χ1n) is 9.99. The van der Waals surface area contributed by atoms with Crippen LogP contribution in [0.25, 0.3) is 10.9 Å². The quantitative estimate of drug-likeness (QED) is 0.330. The van der Waals surface area contributed by atoms with Gasteiger partial charge in [0.15, 0.2) is 10.9 Å². The summed E-state index contributed by atoms with van der Waals surface area (Å²) in [6.07, 6.45) is 5.41.